The molecule has 0 aliphatic heterocycles. The number of hydrogen-bond acceptors (Lipinski definition) is 5. The Hall–Kier alpha value is -3.48. The molecule has 7 nitrogen and oxygen atoms in total. The SMILES string of the molecule is COc1cc(NC(=O)c2cccc(Cn3nc(C)cc3C)c2)cc(OC)c1OC. The van der Waals surface area contributed by atoms with Crippen molar-refractivity contribution >= 4 is 11.6 Å². The summed E-state index contributed by atoms with van der Waals surface area (Å²) in [5, 5.41) is 7.37. The second kappa shape index (κ2) is 8.68. The van der Waals surface area contributed by atoms with Crippen molar-refractivity contribution in [1.82, 2.24) is 9.78 Å². The number of aryl methyl sites for hydroxylation is 2. The lowest BCUT2D eigenvalue weighted by atomic mass is 10.1. The molecule has 0 saturated carbocycles. The molecule has 1 amide bonds. The van der Waals surface area contributed by atoms with Crippen molar-refractivity contribution in [3.8, 4) is 17.2 Å². The predicted molar refractivity (Wildman–Crippen MR) is 111 cm³/mol. The molecule has 1 N–H and O–H groups in total. The largest absolute Gasteiger partial charge is 0.493 e. The minimum absolute atomic E-state index is 0.227. The Morgan fingerprint density at radius 3 is 2.24 bits per heavy atom. The Balaban J connectivity index is 1.82. The molecule has 0 aliphatic carbocycles. The van der Waals surface area contributed by atoms with Gasteiger partial charge in [-0.25, -0.2) is 0 Å². The molecule has 0 aliphatic rings. The second-order valence-electron chi connectivity index (χ2n) is 6.65. The Bertz CT molecular complexity index is 1000. The molecule has 3 rings (SSSR count). The lowest BCUT2D eigenvalue weighted by Gasteiger charge is -2.15. The zero-order chi connectivity index (χ0) is 21.0. The Morgan fingerprint density at radius 2 is 1.69 bits per heavy atom. The van der Waals surface area contributed by atoms with Crippen LogP contribution in [0.3, 0.4) is 0 Å². The number of nitrogens with zero attached hydrogens (tertiary/aromatic N) is 2. The minimum Gasteiger partial charge on any atom is -0.493 e. The maximum absolute atomic E-state index is 12.8. The average Bonchev–Trinajstić information content (AvgIpc) is 3.03. The van der Waals surface area contributed by atoms with Gasteiger partial charge in [0, 0.05) is 29.1 Å². The lowest BCUT2D eigenvalue weighted by molar-refractivity contribution is 0.102. The summed E-state index contributed by atoms with van der Waals surface area (Å²) in [7, 11) is 4.60. The number of carbonyl (C=O) groups is 1. The van der Waals surface area contributed by atoms with Gasteiger partial charge in [0.05, 0.1) is 33.6 Å². The molecule has 152 valence electrons. The summed E-state index contributed by atoms with van der Waals surface area (Å²) < 4.78 is 17.9. The first-order valence-electron chi connectivity index (χ1n) is 9.16. The van der Waals surface area contributed by atoms with Crippen molar-refractivity contribution in [3.05, 3.63) is 65.0 Å². The summed E-state index contributed by atoms with van der Waals surface area (Å²) in [6, 6.07) is 12.9. The van der Waals surface area contributed by atoms with Crippen LogP contribution in [0.2, 0.25) is 0 Å². The normalized spacial score (nSPS) is 10.5. The first-order chi connectivity index (χ1) is 13.9. The predicted octanol–water partition coefficient (Wildman–Crippen LogP) is 3.83. The molecule has 0 radical (unpaired) electrons. The molecule has 0 saturated heterocycles. The van der Waals surface area contributed by atoms with Gasteiger partial charge in [0.2, 0.25) is 5.75 Å². The summed E-state index contributed by atoms with van der Waals surface area (Å²) >= 11 is 0. The number of anilines is 1. The summed E-state index contributed by atoms with van der Waals surface area (Å²) in [5.74, 6) is 1.19. The monoisotopic (exact) mass is 395 g/mol. The fourth-order valence-electron chi connectivity index (χ4n) is 3.18. The van der Waals surface area contributed by atoms with Crippen molar-refractivity contribution in [2.75, 3.05) is 26.6 Å². The third-order valence-corrected chi connectivity index (χ3v) is 4.55. The van der Waals surface area contributed by atoms with Crippen LogP contribution in [0, 0.1) is 13.8 Å². The fourth-order valence-corrected chi connectivity index (χ4v) is 3.18. The molecule has 0 spiro atoms. The van der Waals surface area contributed by atoms with Crippen LogP contribution in [0.15, 0.2) is 42.5 Å². The van der Waals surface area contributed by atoms with Crippen LogP contribution in [0.5, 0.6) is 17.2 Å². The van der Waals surface area contributed by atoms with Gasteiger partial charge in [-0.2, -0.15) is 5.10 Å². The third kappa shape index (κ3) is 4.51. The molecule has 0 atom stereocenters. The molecule has 0 unspecified atom stereocenters. The van der Waals surface area contributed by atoms with E-state index in [1.54, 1.807) is 18.2 Å². The lowest BCUT2D eigenvalue weighted by Crippen LogP contribution is -2.13. The van der Waals surface area contributed by atoms with E-state index in [1.165, 1.54) is 21.3 Å². The third-order valence-electron chi connectivity index (χ3n) is 4.55. The molecule has 1 aromatic heterocycles. The molecule has 0 fully saturated rings. The van der Waals surface area contributed by atoms with E-state index < -0.39 is 0 Å². The molecule has 2 aromatic carbocycles. The van der Waals surface area contributed by atoms with Crippen LogP contribution >= 0.6 is 0 Å². The quantitative estimate of drug-likeness (QED) is 0.658. The minimum atomic E-state index is -0.227. The van der Waals surface area contributed by atoms with Crippen molar-refractivity contribution in [2.24, 2.45) is 0 Å². The summed E-state index contributed by atoms with van der Waals surface area (Å²) in [4.78, 5) is 12.8. The Morgan fingerprint density at radius 1 is 1.00 bits per heavy atom. The second-order valence-corrected chi connectivity index (χ2v) is 6.65. The van der Waals surface area contributed by atoms with Gasteiger partial charge in [-0.05, 0) is 37.6 Å². The van der Waals surface area contributed by atoms with E-state index in [0.29, 0.717) is 35.0 Å². The topological polar surface area (TPSA) is 74.6 Å². The number of hydrogen-bond donors (Lipinski definition) is 1. The van der Waals surface area contributed by atoms with Gasteiger partial charge in [0.1, 0.15) is 0 Å². The number of ether oxygens (including phenoxy) is 3. The molecule has 1 heterocycles. The van der Waals surface area contributed by atoms with E-state index in [9.17, 15) is 4.79 Å². The van der Waals surface area contributed by atoms with Gasteiger partial charge < -0.3 is 19.5 Å². The fraction of sp³-hybridized carbons (Fsp3) is 0.273. The van der Waals surface area contributed by atoms with Gasteiger partial charge in [-0.3, -0.25) is 9.48 Å². The highest BCUT2D eigenvalue weighted by Gasteiger charge is 2.15. The van der Waals surface area contributed by atoms with Crippen molar-refractivity contribution in [3.63, 3.8) is 0 Å². The highest BCUT2D eigenvalue weighted by molar-refractivity contribution is 6.04. The van der Waals surface area contributed by atoms with Gasteiger partial charge in [0.15, 0.2) is 11.5 Å². The summed E-state index contributed by atoms with van der Waals surface area (Å²) in [6.45, 7) is 4.58. The maximum atomic E-state index is 12.8. The maximum Gasteiger partial charge on any atom is 0.255 e. The molecule has 7 heteroatoms. The van der Waals surface area contributed by atoms with E-state index in [4.69, 9.17) is 14.2 Å². The Labute approximate surface area is 170 Å². The first kappa shape index (κ1) is 20.3. The molecular weight excluding hydrogens is 370 g/mol. The van der Waals surface area contributed by atoms with E-state index in [1.807, 2.05) is 42.8 Å². The van der Waals surface area contributed by atoms with E-state index in [2.05, 4.69) is 10.4 Å². The van der Waals surface area contributed by atoms with E-state index in [-0.39, 0.29) is 5.91 Å². The molecular formula is C22H25N3O4. The highest BCUT2D eigenvalue weighted by atomic mass is 16.5. The Kier molecular flexibility index (Phi) is 6.07. The summed E-state index contributed by atoms with van der Waals surface area (Å²) in [6.07, 6.45) is 0. The number of benzene rings is 2. The van der Waals surface area contributed by atoms with Crippen LogP contribution in [0.1, 0.15) is 27.3 Å². The van der Waals surface area contributed by atoms with E-state index in [0.717, 1.165) is 17.0 Å². The van der Waals surface area contributed by atoms with Gasteiger partial charge in [-0.15, -0.1) is 0 Å². The zero-order valence-corrected chi connectivity index (χ0v) is 17.3. The van der Waals surface area contributed by atoms with Crippen LogP contribution < -0.4 is 19.5 Å². The van der Waals surface area contributed by atoms with Crippen LogP contribution in [0.25, 0.3) is 0 Å². The number of aromatic nitrogens is 2. The number of amides is 1. The van der Waals surface area contributed by atoms with Gasteiger partial charge >= 0.3 is 0 Å². The van der Waals surface area contributed by atoms with Crippen LogP contribution in [-0.2, 0) is 6.54 Å². The van der Waals surface area contributed by atoms with Crippen LogP contribution in [0.4, 0.5) is 5.69 Å². The van der Waals surface area contributed by atoms with Crippen molar-refractivity contribution in [1.29, 1.82) is 0 Å². The number of nitrogens with one attached hydrogen (secondary N) is 1. The standard InChI is InChI=1S/C22H25N3O4/c1-14-9-15(2)25(24-14)13-16-7-6-8-17(10-16)22(26)23-18-11-19(27-3)21(29-5)20(12-18)28-4/h6-12H,13H2,1-5H3,(H,23,26). The van der Waals surface area contributed by atoms with Gasteiger partial charge in [-0.1, -0.05) is 12.1 Å². The molecule has 0 bridgehead atoms. The highest BCUT2D eigenvalue weighted by Crippen LogP contribution is 2.40. The molecule has 3 aromatic rings. The number of methoxy groups -OCH3 is 3. The first-order valence-corrected chi connectivity index (χ1v) is 9.16. The number of rotatable bonds is 7. The average molecular weight is 395 g/mol. The van der Waals surface area contributed by atoms with Gasteiger partial charge in [0.25, 0.3) is 5.91 Å². The zero-order valence-electron chi connectivity index (χ0n) is 17.3. The van der Waals surface area contributed by atoms with Crippen molar-refractivity contribution in [2.45, 2.75) is 20.4 Å². The van der Waals surface area contributed by atoms with Crippen LogP contribution in [-0.4, -0.2) is 37.0 Å². The molecule has 29 heavy (non-hydrogen) atoms. The van der Waals surface area contributed by atoms with Crippen molar-refractivity contribution < 1.29 is 19.0 Å². The van der Waals surface area contributed by atoms with E-state index >= 15 is 0 Å². The number of carbonyl (C=O) groups excluding carboxylic acids is 1. The summed E-state index contributed by atoms with van der Waals surface area (Å²) in [5.41, 5.74) is 4.15. The smallest absolute Gasteiger partial charge is 0.255 e.